The third-order valence-electron chi connectivity index (χ3n) is 3.72. The van der Waals surface area contributed by atoms with Crippen LogP contribution in [0.2, 0.25) is 5.02 Å². The van der Waals surface area contributed by atoms with Crippen molar-refractivity contribution in [1.82, 2.24) is 14.3 Å². The fourth-order valence-corrected chi connectivity index (χ4v) is 2.73. The summed E-state index contributed by atoms with van der Waals surface area (Å²) in [6.45, 7) is 12.4. The molecule has 0 atom stereocenters. The van der Waals surface area contributed by atoms with Crippen molar-refractivity contribution in [3.05, 3.63) is 28.5 Å². The molecule has 0 amide bonds. The van der Waals surface area contributed by atoms with Crippen molar-refractivity contribution in [3.8, 4) is 10.9 Å². The lowest BCUT2D eigenvalue weighted by molar-refractivity contribution is 0.429. The molecule has 0 bridgehead atoms. The van der Waals surface area contributed by atoms with Gasteiger partial charge >= 0.3 is 0 Å². The van der Waals surface area contributed by atoms with E-state index in [-0.39, 0.29) is 5.41 Å². The van der Waals surface area contributed by atoms with E-state index < -0.39 is 0 Å². The highest BCUT2D eigenvalue weighted by atomic mass is 35.5. The van der Waals surface area contributed by atoms with E-state index in [4.69, 9.17) is 16.3 Å². The molecule has 1 heterocycles. The van der Waals surface area contributed by atoms with Crippen LogP contribution in [0.15, 0.2) is 17.1 Å². The van der Waals surface area contributed by atoms with Crippen LogP contribution in [0.3, 0.4) is 0 Å². The number of halogens is 1. The molecule has 2 aromatic rings. The largest absolute Gasteiger partial charge is 0.428 e. The fraction of sp³-hybridized carbons (Fsp3) is 0.500. The number of rotatable bonds is 5. The molecule has 1 aromatic heterocycles. The average molecular weight is 381 g/mol. The maximum atomic E-state index is 6.37. The first-order chi connectivity index (χ1) is 11.6. The number of benzene rings is 1. The Kier molecular flexibility index (Phi) is 6.06. The van der Waals surface area contributed by atoms with Crippen LogP contribution in [0.1, 0.15) is 46.0 Å². The van der Waals surface area contributed by atoms with Gasteiger partial charge in [-0.2, -0.15) is 9.36 Å². The van der Waals surface area contributed by atoms with E-state index in [0.717, 1.165) is 17.1 Å². The van der Waals surface area contributed by atoms with Crippen molar-refractivity contribution >= 4 is 35.2 Å². The van der Waals surface area contributed by atoms with Crippen LogP contribution in [0, 0.1) is 6.92 Å². The van der Waals surface area contributed by atoms with Gasteiger partial charge in [0, 0.05) is 30.0 Å². The summed E-state index contributed by atoms with van der Waals surface area (Å²) in [5.41, 5.74) is 1.68. The lowest BCUT2D eigenvalue weighted by Gasteiger charge is -2.17. The molecule has 25 heavy (non-hydrogen) atoms. The third-order valence-corrected chi connectivity index (χ3v) is 4.61. The molecule has 2 rings (SSSR count). The van der Waals surface area contributed by atoms with E-state index in [9.17, 15) is 0 Å². The fourth-order valence-electron chi connectivity index (χ4n) is 1.80. The summed E-state index contributed by atoms with van der Waals surface area (Å²) in [7, 11) is 1.99. The molecule has 0 aliphatic heterocycles. The molecule has 0 saturated heterocycles. The molecule has 0 N–H and O–H groups in total. The standard InChI is InChI=1S/C18H25ClN4OS/c1-11(2)23(7)10-20-14-9-13(19)15(8-12(14)3)24-17-21-16(22-25-17)18(4,5)6/h8-11H,1-7H3/b20-10-. The van der Waals surface area contributed by atoms with Crippen molar-refractivity contribution in [1.29, 1.82) is 0 Å². The highest BCUT2D eigenvalue weighted by Gasteiger charge is 2.20. The highest BCUT2D eigenvalue weighted by molar-refractivity contribution is 7.07. The van der Waals surface area contributed by atoms with E-state index in [1.807, 2.05) is 37.3 Å². The van der Waals surface area contributed by atoms with Gasteiger partial charge in [-0.3, -0.25) is 0 Å². The quantitative estimate of drug-likeness (QED) is 0.501. The Labute approximate surface area is 158 Å². The van der Waals surface area contributed by atoms with Crippen LogP contribution in [-0.2, 0) is 5.41 Å². The molecule has 7 heteroatoms. The van der Waals surface area contributed by atoms with Crippen LogP contribution < -0.4 is 4.74 Å². The van der Waals surface area contributed by atoms with Gasteiger partial charge in [0.05, 0.1) is 17.0 Å². The summed E-state index contributed by atoms with van der Waals surface area (Å²) in [5.74, 6) is 1.32. The Morgan fingerprint density at radius 3 is 2.56 bits per heavy atom. The molecular weight excluding hydrogens is 356 g/mol. The maximum absolute atomic E-state index is 6.37. The van der Waals surface area contributed by atoms with Crippen LogP contribution in [0.5, 0.6) is 10.9 Å². The SMILES string of the molecule is Cc1cc(Oc2nc(C(C)(C)C)ns2)c(Cl)cc1/N=C\N(C)C(C)C. The second-order valence-electron chi connectivity index (χ2n) is 7.31. The lowest BCUT2D eigenvalue weighted by atomic mass is 9.96. The second kappa shape index (κ2) is 7.70. The smallest absolute Gasteiger partial charge is 0.298 e. The Morgan fingerprint density at radius 1 is 1.32 bits per heavy atom. The molecule has 0 spiro atoms. The summed E-state index contributed by atoms with van der Waals surface area (Å²) < 4.78 is 10.2. The molecule has 5 nitrogen and oxygen atoms in total. The minimum Gasteiger partial charge on any atom is -0.428 e. The van der Waals surface area contributed by atoms with Gasteiger partial charge in [0.25, 0.3) is 5.19 Å². The molecule has 136 valence electrons. The van der Waals surface area contributed by atoms with Crippen LogP contribution >= 0.6 is 23.1 Å². The number of aryl methyl sites for hydroxylation is 1. The Hall–Kier alpha value is -1.66. The normalized spacial score (nSPS) is 12.2. The zero-order valence-corrected chi connectivity index (χ0v) is 17.4. The number of hydrogen-bond donors (Lipinski definition) is 0. The minimum atomic E-state index is -0.112. The lowest BCUT2D eigenvalue weighted by Crippen LogP contribution is -2.24. The van der Waals surface area contributed by atoms with E-state index in [0.29, 0.717) is 22.0 Å². The summed E-state index contributed by atoms with van der Waals surface area (Å²) in [6, 6.07) is 4.07. The van der Waals surface area contributed by atoms with Crippen molar-refractivity contribution in [3.63, 3.8) is 0 Å². The molecule has 0 aliphatic rings. The van der Waals surface area contributed by atoms with Crippen LogP contribution in [0.25, 0.3) is 0 Å². The molecule has 0 aliphatic carbocycles. The van der Waals surface area contributed by atoms with Gasteiger partial charge in [-0.05, 0) is 38.5 Å². The zero-order chi connectivity index (χ0) is 18.8. The number of ether oxygens (including phenoxy) is 1. The molecule has 0 saturated carbocycles. The Morgan fingerprint density at radius 2 is 2.00 bits per heavy atom. The van der Waals surface area contributed by atoms with Crippen molar-refractivity contribution in [2.75, 3.05) is 7.05 Å². The summed E-state index contributed by atoms with van der Waals surface area (Å²) >= 11 is 7.60. The molecule has 0 unspecified atom stereocenters. The van der Waals surface area contributed by atoms with E-state index in [1.165, 1.54) is 11.5 Å². The number of hydrogen-bond acceptors (Lipinski definition) is 5. The topological polar surface area (TPSA) is 50.6 Å². The zero-order valence-electron chi connectivity index (χ0n) is 15.8. The second-order valence-corrected chi connectivity index (χ2v) is 8.43. The summed E-state index contributed by atoms with van der Waals surface area (Å²) in [6.07, 6.45) is 1.81. The van der Waals surface area contributed by atoms with Gasteiger partial charge in [0.1, 0.15) is 5.75 Å². The first-order valence-corrected chi connectivity index (χ1v) is 9.31. The predicted octanol–water partition coefficient (Wildman–Crippen LogP) is 5.59. The number of aromatic nitrogens is 2. The van der Waals surface area contributed by atoms with Gasteiger partial charge in [0.15, 0.2) is 5.82 Å². The molecular formula is C18H25ClN4OS. The van der Waals surface area contributed by atoms with Crippen molar-refractivity contribution < 1.29 is 4.74 Å². The van der Waals surface area contributed by atoms with Crippen LogP contribution in [0.4, 0.5) is 5.69 Å². The van der Waals surface area contributed by atoms with E-state index in [2.05, 4.69) is 49.0 Å². The Balaban J connectivity index is 2.21. The average Bonchev–Trinajstić information content (AvgIpc) is 2.97. The van der Waals surface area contributed by atoms with Gasteiger partial charge in [-0.25, -0.2) is 4.99 Å². The minimum absolute atomic E-state index is 0.112. The van der Waals surface area contributed by atoms with Crippen LogP contribution in [-0.4, -0.2) is 33.7 Å². The van der Waals surface area contributed by atoms with Crippen molar-refractivity contribution in [2.45, 2.75) is 53.0 Å². The number of nitrogens with zero attached hydrogens (tertiary/aromatic N) is 4. The Bertz CT molecular complexity index is 765. The van der Waals surface area contributed by atoms with Gasteiger partial charge in [-0.15, -0.1) is 0 Å². The first kappa shape index (κ1) is 19.7. The summed E-state index contributed by atoms with van der Waals surface area (Å²) in [4.78, 5) is 11.0. The summed E-state index contributed by atoms with van der Waals surface area (Å²) in [5, 5.41) is 0.986. The maximum Gasteiger partial charge on any atom is 0.298 e. The molecule has 0 fully saturated rings. The predicted molar refractivity (Wildman–Crippen MR) is 106 cm³/mol. The molecule has 1 aromatic carbocycles. The monoisotopic (exact) mass is 380 g/mol. The van der Waals surface area contributed by atoms with Gasteiger partial charge in [-0.1, -0.05) is 32.4 Å². The van der Waals surface area contributed by atoms with Gasteiger partial charge in [0.2, 0.25) is 0 Å². The first-order valence-electron chi connectivity index (χ1n) is 8.16. The van der Waals surface area contributed by atoms with Gasteiger partial charge < -0.3 is 9.64 Å². The van der Waals surface area contributed by atoms with Crippen molar-refractivity contribution in [2.24, 2.45) is 4.99 Å². The number of aliphatic imine (C=N–C) groups is 1. The third kappa shape index (κ3) is 5.16. The molecule has 0 radical (unpaired) electrons. The van der Waals surface area contributed by atoms with E-state index >= 15 is 0 Å². The van der Waals surface area contributed by atoms with E-state index in [1.54, 1.807) is 0 Å². The highest BCUT2D eigenvalue weighted by Crippen LogP contribution is 2.36.